The number of fused-ring (bicyclic) bond motifs is 1. The zero-order chi connectivity index (χ0) is 19.4. The molecule has 6 nitrogen and oxygen atoms in total. The van der Waals surface area contributed by atoms with Crippen LogP contribution in [-0.2, 0) is 4.74 Å². The highest BCUT2D eigenvalue weighted by Gasteiger charge is 2.17. The van der Waals surface area contributed by atoms with Gasteiger partial charge in [-0.05, 0) is 29.8 Å². The Kier molecular flexibility index (Phi) is 5.26. The number of carbonyl (C=O) groups excluding carboxylic acids is 2. The van der Waals surface area contributed by atoms with Crippen molar-refractivity contribution in [2.45, 2.75) is 0 Å². The molecule has 3 aromatic rings. The summed E-state index contributed by atoms with van der Waals surface area (Å²) >= 11 is 0. The smallest absolute Gasteiger partial charge is 0.340 e. The number of esters is 1. The zero-order valence-electron chi connectivity index (χ0n) is 15.3. The molecule has 6 heteroatoms. The summed E-state index contributed by atoms with van der Waals surface area (Å²) in [5.41, 5.74) is 1.77. The third kappa shape index (κ3) is 3.55. The standard InChI is InChI=1S/C21H19NO5/c1-25-18-10-8-14(12-19(18)26-2)9-11-20(23)22-13-16(21(24)27-3)15-6-4-5-7-17(15)22/h4-13H,1-3H3/b11-9+. The Labute approximate surface area is 156 Å². The molecule has 27 heavy (non-hydrogen) atoms. The van der Waals surface area contributed by atoms with Crippen LogP contribution >= 0.6 is 0 Å². The van der Waals surface area contributed by atoms with E-state index in [1.54, 1.807) is 44.6 Å². The molecule has 1 aromatic heterocycles. The summed E-state index contributed by atoms with van der Waals surface area (Å²) in [5.74, 6) is 0.421. The van der Waals surface area contributed by atoms with Crippen molar-refractivity contribution >= 4 is 28.9 Å². The number of para-hydroxylation sites is 1. The maximum absolute atomic E-state index is 12.7. The number of aromatic nitrogens is 1. The lowest BCUT2D eigenvalue weighted by atomic mass is 10.2. The Morgan fingerprint density at radius 1 is 0.963 bits per heavy atom. The Bertz CT molecular complexity index is 1030. The molecule has 138 valence electrons. The second kappa shape index (κ2) is 7.78. The van der Waals surface area contributed by atoms with E-state index in [1.165, 1.54) is 23.9 Å². The van der Waals surface area contributed by atoms with Gasteiger partial charge in [0.1, 0.15) is 0 Å². The minimum Gasteiger partial charge on any atom is -0.493 e. The number of hydrogen-bond acceptors (Lipinski definition) is 5. The number of allylic oxidation sites excluding steroid dienone is 1. The second-order valence-corrected chi connectivity index (χ2v) is 5.71. The fraction of sp³-hybridized carbons (Fsp3) is 0.143. The Morgan fingerprint density at radius 2 is 1.70 bits per heavy atom. The van der Waals surface area contributed by atoms with Gasteiger partial charge < -0.3 is 14.2 Å². The third-order valence-electron chi connectivity index (χ3n) is 4.18. The summed E-state index contributed by atoms with van der Waals surface area (Å²) in [4.78, 5) is 24.7. The highest BCUT2D eigenvalue weighted by molar-refractivity contribution is 6.09. The van der Waals surface area contributed by atoms with Crippen LogP contribution in [0.1, 0.15) is 20.7 Å². The molecule has 2 aromatic carbocycles. The minimum atomic E-state index is -0.485. The minimum absolute atomic E-state index is 0.281. The molecule has 0 amide bonds. The van der Waals surface area contributed by atoms with Crippen molar-refractivity contribution in [3.05, 3.63) is 65.9 Å². The lowest BCUT2D eigenvalue weighted by Gasteiger charge is -2.07. The first kappa shape index (κ1) is 18.3. The van der Waals surface area contributed by atoms with Gasteiger partial charge in [-0.3, -0.25) is 9.36 Å². The van der Waals surface area contributed by atoms with Crippen molar-refractivity contribution in [1.82, 2.24) is 4.57 Å². The Hall–Kier alpha value is -3.54. The average Bonchev–Trinajstić information content (AvgIpc) is 3.11. The first-order chi connectivity index (χ1) is 13.1. The van der Waals surface area contributed by atoms with Crippen LogP contribution < -0.4 is 9.47 Å². The van der Waals surface area contributed by atoms with Crippen molar-refractivity contribution in [2.24, 2.45) is 0 Å². The molecule has 0 unspecified atom stereocenters. The molecular formula is C21H19NO5. The first-order valence-electron chi connectivity index (χ1n) is 8.22. The molecule has 3 rings (SSSR count). The number of hydrogen-bond donors (Lipinski definition) is 0. The van der Waals surface area contributed by atoms with Crippen molar-refractivity contribution < 1.29 is 23.8 Å². The summed E-state index contributed by atoms with van der Waals surface area (Å²) in [6, 6.07) is 12.5. The van der Waals surface area contributed by atoms with E-state index in [0.717, 1.165) is 5.56 Å². The highest BCUT2D eigenvalue weighted by atomic mass is 16.5. The van der Waals surface area contributed by atoms with Crippen molar-refractivity contribution in [3.8, 4) is 11.5 Å². The SMILES string of the molecule is COC(=O)c1cn(C(=O)/C=C/c2ccc(OC)c(OC)c2)c2ccccc12. The molecule has 0 spiro atoms. The van der Waals surface area contributed by atoms with Crippen LogP contribution in [0.5, 0.6) is 11.5 Å². The number of rotatable bonds is 5. The van der Waals surface area contributed by atoms with E-state index in [0.29, 0.717) is 28.0 Å². The van der Waals surface area contributed by atoms with Crippen molar-refractivity contribution in [1.29, 1.82) is 0 Å². The van der Waals surface area contributed by atoms with Crippen LogP contribution in [-0.4, -0.2) is 37.8 Å². The van der Waals surface area contributed by atoms with Crippen molar-refractivity contribution in [2.75, 3.05) is 21.3 Å². The number of carbonyl (C=O) groups is 2. The molecule has 0 radical (unpaired) electrons. The maximum atomic E-state index is 12.7. The van der Waals surface area contributed by atoms with Crippen LogP contribution in [0.15, 0.2) is 54.7 Å². The second-order valence-electron chi connectivity index (χ2n) is 5.71. The largest absolute Gasteiger partial charge is 0.493 e. The molecule has 0 atom stereocenters. The van der Waals surface area contributed by atoms with Crippen molar-refractivity contribution in [3.63, 3.8) is 0 Å². The molecule has 0 aliphatic heterocycles. The number of ether oxygens (including phenoxy) is 3. The molecular weight excluding hydrogens is 346 g/mol. The third-order valence-corrected chi connectivity index (χ3v) is 4.18. The highest BCUT2D eigenvalue weighted by Crippen LogP contribution is 2.28. The van der Waals surface area contributed by atoms with Gasteiger partial charge in [0.15, 0.2) is 11.5 Å². The topological polar surface area (TPSA) is 66.8 Å². The summed E-state index contributed by atoms with van der Waals surface area (Å²) in [6.45, 7) is 0. The van der Waals surface area contributed by atoms with E-state index in [2.05, 4.69) is 0 Å². The van der Waals surface area contributed by atoms with Gasteiger partial charge in [0.05, 0.1) is 32.4 Å². The van der Waals surface area contributed by atoms with Gasteiger partial charge in [0.25, 0.3) is 5.91 Å². The summed E-state index contributed by atoms with van der Waals surface area (Å²) in [7, 11) is 4.43. The van der Waals surface area contributed by atoms with E-state index in [1.807, 2.05) is 18.2 Å². The van der Waals surface area contributed by atoms with Gasteiger partial charge >= 0.3 is 5.97 Å². The van der Waals surface area contributed by atoms with Gasteiger partial charge in [-0.25, -0.2) is 4.79 Å². The van der Waals surface area contributed by atoms with E-state index < -0.39 is 5.97 Å². The zero-order valence-corrected chi connectivity index (χ0v) is 15.3. The normalized spacial score (nSPS) is 10.9. The monoisotopic (exact) mass is 365 g/mol. The van der Waals surface area contributed by atoms with E-state index >= 15 is 0 Å². The number of methoxy groups -OCH3 is 3. The molecule has 0 aliphatic rings. The molecule has 0 N–H and O–H groups in total. The summed E-state index contributed by atoms with van der Waals surface area (Å²) in [6.07, 6.45) is 4.61. The average molecular weight is 365 g/mol. The molecule has 0 aliphatic carbocycles. The molecule has 0 bridgehead atoms. The fourth-order valence-corrected chi connectivity index (χ4v) is 2.84. The molecule has 0 saturated heterocycles. The Balaban J connectivity index is 1.95. The van der Waals surface area contributed by atoms with Crippen LogP contribution in [0.2, 0.25) is 0 Å². The predicted molar refractivity (Wildman–Crippen MR) is 102 cm³/mol. The van der Waals surface area contributed by atoms with Crippen LogP contribution in [0.25, 0.3) is 17.0 Å². The van der Waals surface area contributed by atoms with Gasteiger partial charge in [-0.2, -0.15) is 0 Å². The number of benzene rings is 2. The predicted octanol–water partition coefficient (Wildman–Crippen LogP) is 3.80. The van der Waals surface area contributed by atoms with E-state index in [4.69, 9.17) is 14.2 Å². The van der Waals surface area contributed by atoms with Crippen LogP contribution in [0.4, 0.5) is 0 Å². The first-order valence-corrected chi connectivity index (χ1v) is 8.22. The maximum Gasteiger partial charge on any atom is 0.340 e. The van der Waals surface area contributed by atoms with Gasteiger partial charge in [0, 0.05) is 17.7 Å². The molecule has 1 heterocycles. The lowest BCUT2D eigenvalue weighted by Crippen LogP contribution is -2.06. The Morgan fingerprint density at radius 3 is 2.41 bits per heavy atom. The quantitative estimate of drug-likeness (QED) is 0.508. The van der Waals surface area contributed by atoms with Crippen LogP contribution in [0.3, 0.4) is 0 Å². The molecule has 0 fully saturated rings. The molecule has 0 saturated carbocycles. The summed E-state index contributed by atoms with van der Waals surface area (Å²) in [5, 5.41) is 0.664. The van der Waals surface area contributed by atoms with Gasteiger partial charge in [-0.1, -0.05) is 24.3 Å². The van der Waals surface area contributed by atoms with E-state index in [-0.39, 0.29) is 5.91 Å². The van der Waals surface area contributed by atoms with Gasteiger partial charge in [-0.15, -0.1) is 0 Å². The van der Waals surface area contributed by atoms with Gasteiger partial charge in [0.2, 0.25) is 0 Å². The fourth-order valence-electron chi connectivity index (χ4n) is 2.84. The van der Waals surface area contributed by atoms with E-state index in [9.17, 15) is 9.59 Å². The summed E-state index contributed by atoms with van der Waals surface area (Å²) < 4.78 is 16.7. The van der Waals surface area contributed by atoms with Crippen LogP contribution in [0, 0.1) is 0 Å². The number of nitrogens with zero attached hydrogens (tertiary/aromatic N) is 1. The lowest BCUT2D eigenvalue weighted by molar-refractivity contribution is 0.0603.